The fourth-order valence-electron chi connectivity index (χ4n) is 3.12. The van der Waals surface area contributed by atoms with Gasteiger partial charge in [0.25, 0.3) is 0 Å². The molecule has 8 heteroatoms. The van der Waals surface area contributed by atoms with Gasteiger partial charge in [0, 0.05) is 18.8 Å². The summed E-state index contributed by atoms with van der Waals surface area (Å²) < 4.78 is 50.3. The van der Waals surface area contributed by atoms with Gasteiger partial charge in [-0.1, -0.05) is 36.4 Å². The Balaban J connectivity index is 1.70. The van der Waals surface area contributed by atoms with Crippen LogP contribution in [0.2, 0.25) is 0 Å². The molecule has 1 aliphatic heterocycles. The van der Waals surface area contributed by atoms with Gasteiger partial charge in [-0.15, -0.1) is 0 Å². The Hall–Kier alpha value is -1.74. The van der Waals surface area contributed by atoms with E-state index < -0.39 is 19.9 Å². The van der Waals surface area contributed by atoms with Crippen LogP contribution < -0.4 is 10.0 Å². The highest BCUT2D eigenvalue weighted by Gasteiger charge is 2.22. The third-order valence-corrected chi connectivity index (χ3v) is 6.65. The number of rotatable bonds is 6. The van der Waals surface area contributed by atoms with Gasteiger partial charge in [-0.2, -0.15) is 0 Å². The van der Waals surface area contributed by atoms with Crippen LogP contribution in [0.25, 0.3) is 0 Å². The van der Waals surface area contributed by atoms with E-state index in [2.05, 4.69) is 16.1 Å². The second kappa shape index (κ2) is 7.48. The molecule has 1 atom stereocenters. The summed E-state index contributed by atoms with van der Waals surface area (Å²) in [4.78, 5) is 0.124. The molecular formula is C18H22N2O4S2. The summed E-state index contributed by atoms with van der Waals surface area (Å²) in [5, 5.41) is 3.34. The third-order valence-electron chi connectivity index (χ3n) is 4.36. The summed E-state index contributed by atoms with van der Waals surface area (Å²) in [5.74, 6) is -0.108. The van der Waals surface area contributed by atoms with Gasteiger partial charge in [-0.25, -0.2) is 21.6 Å². The molecular weight excluding hydrogens is 372 g/mol. The van der Waals surface area contributed by atoms with Gasteiger partial charge < -0.3 is 5.32 Å². The monoisotopic (exact) mass is 394 g/mol. The van der Waals surface area contributed by atoms with E-state index in [4.69, 9.17) is 0 Å². The van der Waals surface area contributed by atoms with Crippen molar-refractivity contribution in [2.45, 2.75) is 23.1 Å². The molecule has 0 amide bonds. The third kappa shape index (κ3) is 4.70. The van der Waals surface area contributed by atoms with Crippen LogP contribution in [0.4, 0.5) is 0 Å². The van der Waals surface area contributed by atoms with Crippen LogP contribution in [-0.2, 0) is 32.0 Å². The lowest BCUT2D eigenvalue weighted by molar-refractivity contribution is 0.491. The van der Waals surface area contributed by atoms with Gasteiger partial charge in [0.15, 0.2) is 9.84 Å². The van der Waals surface area contributed by atoms with E-state index in [1.54, 1.807) is 0 Å². The van der Waals surface area contributed by atoms with Gasteiger partial charge in [0.2, 0.25) is 10.0 Å². The number of sulfonamides is 1. The molecule has 0 aromatic heterocycles. The van der Waals surface area contributed by atoms with Gasteiger partial charge in [-0.05, 0) is 41.8 Å². The lowest BCUT2D eigenvalue weighted by Gasteiger charge is -2.27. The fourth-order valence-corrected chi connectivity index (χ4v) is 4.96. The minimum Gasteiger partial charge on any atom is -0.308 e. The lowest BCUT2D eigenvalue weighted by Crippen LogP contribution is -2.38. The molecule has 140 valence electrons. The maximum Gasteiger partial charge on any atom is 0.240 e. The molecule has 1 unspecified atom stereocenters. The molecule has 2 aromatic rings. The molecule has 0 aliphatic carbocycles. The first kappa shape index (κ1) is 19.0. The number of hydrogen-bond acceptors (Lipinski definition) is 5. The predicted octanol–water partition coefficient (Wildman–Crippen LogP) is 1.40. The molecule has 1 aliphatic rings. The molecule has 0 saturated carbocycles. The van der Waals surface area contributed by atoms with Crippen molar-refractivity contribution in [3.8, 4) is 0 Å². The first-order valence-electron chi connectivity index (χ1n) is 8.32. The standard InChI is InChI=1S/C18H22N2O4S2/c1-25(21,22)13-14-6-8-16(9-7-14)26(23,24)20-12-18-17-5-3-2-4-15(17)10-11-19-18/h2-9,18-20H,10-13H2,1H3. The van der Waals surface area contributed by atoms with Crippen molar-refractivity contribution in [1.29, 1.82) is 0 Å². The number of nitrogens with one attached hydrogen (secondary N) is 2. The lowest BCUT2D eigenvalue weighted by atomic mass is 9.95. The summed E-state index contributed by atoms with van der Waals surface area (Å²) in [6.45, 7) is 1.06. The van der Waals surface area contributed by atoms with Gasteiger partial charge >= 0.3 is 0 Å². The minimum atomic E-state index is -3.66. The molecule has 0 radical (unpaired) electrons. The van der Waals surface area contributed by atoms with Crippen molar-refractivity contribution >= 4 is 19.9 Å². The van der Waals surface area contributed by atoms with Crippen molar-refractivity contribution in [2.24, 2.45) is 0 Å². The molecule has 2 N–H and O–H groups in total. The summed E-state index contributed by atoms with van der Waals surface area (Å²) >= 11 is 0. The first-order chi connectivity index (χ1) is 12.2. The largest absolute Gasteiger partial charge is 0.308 e. The normalized spacial score (nSPS) is 17.7. The van der Waals surface area contributed by atoms with E-state index >= 15 is 0 Å². The molecule has 0 spiro atoms. The van der Waals surface area contributed by atoms with E-state index in [0.717, 1.165) is 24.8 Å². The average molecular weight is 395 g/mol. The van der Waals surface area contributed by atoms with Crippen molar-refractivity contribution in [2.75, 3.05) is 19.3 Å². The van der Waals surface area contributed by atoms with E-state index in [1.165, 1.54) is 29.8 Å². The summed E-state index contributed by atoms with van der Waals surface area (Å²) in [7, 11) is -6.81. The predicted molar refractivity (Wildman–Crippen MR) is 101 cm³/mol. The average Bonchev–Trinajstić information content (AvgIpc) is 2.59. The number of benzene rings is 2. The molecule has 2 aromatic carbocycles. The second-order valence-electron chi connectivity index (χ2n) is 6.52. The Bertz CT molecular complexity index is 984. The van der Waals surface area contributed by atoms with Crippen molar-refractivity contribution in [3.05, 3.63) is 65.2 Å². The quantitative estimate of drug-likeness (QED) is 0.773. The van der Waals surface area contributed by atoms with Gasteiger partial charge in [0.05, 0.1) is 10.6 Å². The SMILES string of the molecule is CS(=O)(=O)Cc1ccc(S(=O)(=O)NCC2NCCc3ccccc32)cc1. The minimum absolute atomic E-state index is 0.0702. The van der Waals surface area contributed by atoms with Crippen LogP contribution >= 0.6 is 0 Å². The van der Waals surface area contributed by atoms with E-state index in [9.17, 15) is 16.8 Å². The van der Waals surface area contributed by atoms with Gasteiger partial charge in [0.1, 0.15) is 0 Å². The number of fused-ring (bicyclic) bond motifs is 1. The Labute approximate surface area is 154 Å². The molecule has 0 saturated heterocycles. The van der Waals surface area contributed by atoms with Crippen LogP contribution in [0.1, 0.15) is 22.7 Å². The Morgan fingerprint density at radius 2 is 1.73 bits per heavy atom. The molecule has 26 heavy (non-hydrogen) atoms. The first-order valence-corrected chi connectivity index (χ1v) is 11.9. The van der Waals surface area contributed by atoms with E-state index in [-0.39, 0.29) is 23.2 Å². The highest BCUT2D eigenvalue weighted by Crippen LogP contribution is 2.22. The Morgan fingerprint density at radius 3 is 2.42 bits per heavy atom. The summed E-state index contributed by atoms with van der Waals surface area (Å²) in [6, 6.07) is 13.9. The van der Waals surface area contributed by atoms with Crippen molar-refractivity contribution in [1.82, 2.24) is 10.0 Å². The van der Waals surface area contributed by atoms with Crippen LogP contribution in [-0.4, -0.2) is 36.2 Å². The number of hydrogen-bond donors (Lipinski definition) is 2. The smallest absolute Gasteiger partial charge is 0.240 e. The fraction of sp³-hybridized carbons (Fsp3) is 0.333. The molecule has 6 nitrogen and oxygen atoms in total. The maximum atomic E-state index is 12.5. The zero-order valence-corrected chi connectivity index (χ0v) is 16.1. The second-order valence-corrected chi connectivity index (χ2v) is 10.4. The highest BCUT2D eigenvalue weighted by atomic mass is 32.2. The molecule has 0 bridgehead atoms. The van der Waals surface area contributed by atoms with Crippen molar-refractivity contribution in [3.63, 3.8) is 0 Å². The Morgan fingerprint density at radius 1 is 1.04 bits per heavy atom. The molecule has 0 fully saturated rings. The van der Waals surface area contributed by atoms with E-state index in [1.807, 2.05) is 18.2 Å². The summed E-state index contributed by atoms with van der Waals surface area (Å²) in [5.41, 5.74) is 2.92. The number of sulfone groups is 1. The summed E-state index contributed by atoms with van der Waals surface area (Å²) in [6.07, 6.45) is 2.08. The zero-order chi connectivity index (χ0) is 18.8. The Kier molecular flexibility index (Phi) is 5.47. The van der Waals surface area contributed by atoms with Crippen LogP contribution in [0.3, 0.4) is 0 Å². The maximum absolute atomic E-state index is 12.5. The van der Waals surface area contributed by atoms with Crippen LogP contribution in [0.5, 0.6) is 0 Å². The van der Waals surface area contributed by atoms with E-state index in [0.29, 0.717) is 5.56 Å². The molecule has 1 heterocycles. The van der Waals surface area contributed by atoms with Gasteiger partial charge in [-0.3, -0.25) is 0 Å². The van der Waals surface area contributed by atoms with Crippen molar-refractivity contribution < 1.29 is 16.8 Å². The van der Waals surface area contributed by atoms with Crippen LogP contribution in [0.15, 0.2) is 53.4 Å². The zero-order valence-electron chi connectivity index (χ0n) is 14.5. The molecule has 3 rings (SSSR count). The topological polar surface area (TPSA) is 92.3 Å². The van der Waals surface area contributed by atoms with Crippen LogP contribution in [0, 0.1) is 0 Å². The highest BCUT2D eigenvalue weighted by molar-refractivity contribution is 7.90.